The monoisotopic (exact) mass is 265 g/mol. The fraction of sp³-hybridized carbons (Fsp3) is 0.625. The Kier molecular flexibility index (Phi) is 6.32. The lowest BCUT2D eigenvalue weighted by atomic mass is 9.96. The maximum absolute atomic E-state index is 9.29. The van der Waals surface area contributed by atoms with E-state index >= 15 is 0 Å². The maximum Gasteiger partial charge on any atom is 0.119 e. The van der Waals surface area contributed by atoms with Gasteiger partial charge in [-0.25, -0.2) is 0 Å². The standard InChI is InChI=1S/C16H27NO2/c1-13-9-14(2)11-15(10-13)19-8-6-5-7-16(3,12-18)17-4/h9-11,17-18H,5-8,12H2,1-4H3. The number of likely N-dealkylation sites (N-methyl/N-ethyl adjacent to an activating group) is 1. The summed E-state index contributed by atoms with van der Waals surface area (Å²) in [6.07, 6.45) is 3.00. The third-order valence-electron chi connectivity index (χ3n) is 3.54. The summed E-state index contributed by atoms with van der Waals surface area (Å²) < 4.78 is 5.77. The zero-order valence-electron chi connectivity index (χ0n) is 12.6. The number of aliphatic hydroxyl groups is 1. The van der Waals surface area contributed by atoms with Crippen molar-refractivity contribution in [3.8, 4) is 5.75 Å². The molecule has 1 aromatic carbocycles. The van der Waals surface area contributed by atoms with Crippen LogP contribution in [0.2, 0.25) is 0 Å². The Labute approximate surface area is 117 Å². The largest absolute Gasteiger partial charge is 0.494 e. The number of aliphatic hydroxyl groups excluding tert-OH is 1. The minimum atomic E-state index is -0.167. The second kappa shape index (κ2) is 7.51. The molecule has 0 amide bonds. The maximum atomic E-state index is 9.29. The first kappa shape index (κ1) is 16.0. The van der Waals surface area contributed by atoms with Crippen LogP contribution in [0.4, 0.5) is 0 Å². The van der Waals surface area contributed by atoms with Crippen LogP contribution in [0.25, 0.3) is 0 Å². The van der Waals surface area contributed by atoms with Crippen LogP contribution in [0.1, 0.15) is 37.3 Å². The van der Waals surface area contributed by atoms with E-state index in [1.165, 1.54) is 11.1 Å². The molecule has 1 rings (SSSR count). The normalized spacial score (nSPS) is 14.2. The molecule has 0 aliphatic heterocycles. The fourth-order valence-corrected chi connectivity index (χ4v) is 2.11. The summed E-state index contributed by atoms with van der Waals surface area (Å²) in [6, 6.07) is 6.28. The SMILES string of the molecule is CNC(C)(CO)CCCCOc1cc(C)cc(C)c1. The molecule has 0 spiro atoms. The van der Waals surface area contributed by atoms with Crippen LogP contribution in [-0.4, -0.2) is 30.9 Å². The first-order valence-electron chi connectivity index (χ1n) is 7.00. The molecule has 1 aromatic rings. The molecule has 0 radical (unpaired) electrons. The number of ether oxygens (including phenoxy) is 1. The molecule has 2 N–H and O–H groups in total. The van der Waals surface area contributed by atoms with Crippen molar-refractivity contribution in [1.82, 2.24) is 5.32 Å². The lowest BCUT2D eigenvalue weighted by Crippen LogP contribution is -2.43. The number of benzene rings is 1. The topological polar surface area (TPSA) is 41.5 Å². The summed E-state index contributed by atoms with van der Waals surface area (Å²) in [4.78, 5) is 0. The van der Waals surface area contributed by atoms with Gasteiger partial charge in [-0.3, -0.25) is 0 Å². The Morgan fingerprint density at radius 3 is 2.32 bits per heavy atom. The van der Waals surface area contributed by atoms with E-state index < -0.39 is 0 Å². The minimum Gasteiger partial charge on any atom is -0.494 e. The fourth-order valence-electron chi connectivity index (χ4n) is 2.11. The average molecular weight is 265 g/mol. The predicted molar refractivity (Wildman–Crippen MR) is 79.8 cm³/mol. The van der Waals surface area contributed by atoms with Gasteiger partial charge >= 0.3 is 0 Å². The Hall–Kier alpha value is -1.06. The van der Waals surface area contributed by atoms with E-state index in [4.69, 9.17) is 4.74 Å². The van der Waals surface area contributed by atoms with Gasteiger partial charge < -0.3 is 15.2 Å². The predicted octanol–water partition coefficient (Wildman–Crippen LogP) is 2.82. The van der Waals surface area contributed by atoms with E-state index in [1.54, 1.807) is 0 Å². The lowest BCUT2D eigenvalue weighted by molar-refractivity contribution is 0.168. The van der Waals surface area contributed by atoms with Crippen molar-refractivity contribution < 1.29 is 9.84 Å². The molecule has 0 aliphatic carbocycles. The number of rotatable bonds is 8. The molecule has 0 fully saturated rings. The molecule has 0 aliphatic rings. The molecule has 1 unspecified atom stereocenters. The van der Waals surface area contributed by atoms with Crippen molar-refractivity contribution in [2.24, 2.45) is 0 Å². The van der Waals surface area contributed by atoms with Gasteiger partial charge in [-0.1, -0.05) is 6.07 Å². The highest BCUT2D eigenvalue weighted by atomic mass is 16.5. The molecule has 3 heteroatoms. The number of aryl methyl sites for hydroxylation is 2. The molecule has 1 atom stereocenters. The number of unbranched alkanes of at least 4 members (excludes halogenated alkanes) is 1. The van der Waals surface area contributed by atoms with Gasteiger partial charge in [-0.05, 0) is 70.3 Å². The lowest BCUT2D eigenvalue weighted by Gasteiger charge is -2.26. The molecule has 0 heterocycles. The molecule has 3 nitrogen and oxygen atoms in total. The van der Waals surface area contributed by atoms with Crippen LogP contribution in [0, 0.1) is 13.8 Å². The summed E-state index contributed by atoms with van der Waals surface area (Å²) in [7, 11) is 1.89. The molecule has 108 valence electrons. The summed E-state index contributed by atoms with van der Waals surface area (Å²) in [5, 5.41) is 12.4. The van der Waals surface area contributed by atoms with Gasteiger partial charge in [-0.2, -0.15) is 0 Å². The van der Waals surface area contributed by atoms with E-state index in [0.717, 1.165) is 31.6 Å². The Morgan fingerprint density at radius 1 is 1.16 bits per heavy atom. The van der Waals surface area contributed by atoms with E-state index in [0.29, 0.717) is 0 Å². The van der Waals surface area contributed by atoms with E-state index in [2.05, 4.69) is 37.4 Å². The van der Waals surface area contributed by atoms with Gasteiger partial charge in [-0.15, -0.1) is 0 Å². The molecule has 19 heavy (non-hydrogen) atoms. The Morgan fingerprint density at radius 2 is 1.79 bits per heavy atom. The van der Waals surface area contributed by atoms with Crippen molar-refractivity contribution in [1.29, 1.82) is 0 Å². The van der Waals surface area contributed by atoms with Crippen LogP contribution in [-0.2, 0) is 0 Å². The third-order valence-corrected chi connectivity index (χ3v) is 3.54. The number of nitrogens with one attached hydrogen (secondary N) is 1. The van der Waals surface area contributed by atoms with Crippen LogP contribution < -0.4 is 10.1 Å². The van der Waals surface area contributed by atoms with Gasteiger partial charge in [0.05, 0.1) is 13.2 Å². The van der Waals surface area contributed by atoms with Crippen molar-refractivity contribution in [2.45, 2.75) is 45.6 Å². The Bertz CT molecular complexity index is 366. The highest BCUT2D eigenvalue weighted by Crippen LogP contribution is 2.17. The summed E-state index contributed by atoms with van der Waals surface area (Å²) in [5.74, 6) is 0.955. The highest BCUT2D eigenvalue weighted by molar-refractivity contribution is 5.32. The van der Waals surface area contributed by atoms with Crippen LogP contribution in [0.5, 0.6) is 5.75 Å². The summed E-state index contributed by atoms with van der Waals surface area (Å²) >= 11 is 0. The van der Waals surface area contributed by atoms with Crippen LogP contribution in [0.3, 0.4) is 0 Å². The third kappa shape index (κ3) is 5.62. The van der Waals surface area contributed by atoms with Crippen LogP contribution >= 0.6 is 0 Å². The van der Waals surface area contributed by atoms with Gasteiger partial charge in [0, 0.05) is 5.54 Å². The van der Waals surface area contributed by atoms with E-state index in [9.17, 15) is 5.11 Å². The quantitative estimate of drug-likeness (QED) is 0.710. The van der Waals surface area contributed by atoms with Crippen molar-refractivity contribution in [3.63, 3.8) is 0 Å². The number of hydrogen-bond acceptors (Lipinski definition) is 3. The zero-order chi connectivity index (χ0) is 14.3. The van der Waals surface area contributed by atoms with Gasteiger partial charge in [0.25, 0.3) is 0 Å². The van der Waals surface area contributed by atoms with Crippen LogP contribution in [0.15, 0.2) is 18.2 Å². The second-order valence-electron chi connectivity index (χ2n) is 5.60. The summed E-state index contributed by atoms with van der Waals surface area (Å²) in [5.41, 5.74) is 2.30. The van der Waals surface area contributed by atoms with Gasteiger partial charge in [0.2, 0.25) is 0 Å². The molecule has 0 bridgehead atoms. The van der Waals surface area contributed by atoms with Gasteiger partial charge in [0.15, 0.2) is 0 Å². The van der Waals surface area contributed by atoms with Crippen molar-refractivity contribution >= 4 is 0 Å². The molecule has 0 saturated heterocycles. The molecular weight excluding hydrogens is 238 g/mol. The van der Waals surface area contributed by atoms with Crippen molar-refractivity contribution in [3.05, 3.63) is 29.3 Å². The minimum absolute atomic E-state index is 0.167. The first-order valence-corrected chi connectivity index (χ1v) is 7.00. The second-order valence-corrected chi connectivity index (χ2v) is 5.60. The first-order chi connectivity index (χ1) is 8.99. The Balaban J connectivity index is 2.27. The summed E-state index contributed by atoms with van der Waals surface area (Å²) in [6.45, 7) is 7.10. The molecule has 0 saturated carbocycles. The van der Waals surface area contributed by atoms with E-state index in [-0.39, 0.29) is 12.1 Å². The molecular formula is C16H27NO2. The van der Waals surface area contributed by atoms with E-state index in [1.807, 2.05) is 14.0 Å². The average Bonchev–Trinajstić information content (AvgIpc) is 2.37. The molecule has 0 aromatic heterocycles. The number of hydrogen-bond donors (Lipinski definition) is 2. The highest BCUT2D eigenvalue weighted by Gasteiger charge is 2.19. The van der Waals surface area contributed by atoms with Gasteiger partial charge in [0.1, 0.15) is 5.75 Å². The zero-order valence-corrected chi connectivity index (χ0v) is 12.6. The van der Waals surface area contributed by atoms with Crippen molar-refractivity contribution in [2.75, 3.05) is 20.3 Å². The smallest absolute Gasteiger partial charge is 0.119 e.